The van der Waals surface area contributed by atoms with E-state index in [9.17, 15) is 0 Å². The molecular formula is C22H23N5O3. The highest BCUT2D eigenvalue weighted by Gasteiger charge is 2.24. The Morgan fingerprint density at radius 3 is 2.80 bits per heavy atom. The van der Waals surface area contributed by atoms with Crippen LogP contribution in [0.5, 0.6) is 5.75 Å². The predicted molar refractivity (Wildman–Crippen MR) is 114 cm³/mol. The molecule has 0 radical (unpaired) electrons. The zero-order valence-electron chi connectivity index (χ0n) is 17.2. The number of nitrogens with zero attached hydrogens (tertiary/aromatic N) is 4. The van der Waals surface area contributed by atoms with E-state index in [1.54, 1.807) is 20.5 Å². The van der Waals surface area contributed by atoms with Gasteiger partial charge in [0.25, 0.3) is 0 Å². The van der Waals surface area contributed by atoms with E-state index in [0.717, 1.165) is 53.5 Å². The van der Waals surface area contributed by atoms with Crippen LogP contribution in [0.4, 0.5) is 5.69 Å². The monoisotopic (exact) mass is 405 g/mol. The number of aromatic nitrogens is 4. The minimum atomic E-state index is 0.242. The van der Waals surface area contributed by atoms with Gasteiger partial charge in [0.1, 0.15) is 22.7 Å². The van der Waals surface area contributed by atoms with Crippen LogP contribution in [-0.4, -0.2) is 53.3 Å². The average molecular weight is 405 g/mol. The molecule has 8 nitrogen and oxygen atoms in total. The summed E-state index contributed by atoms with van der Waals surface area (Å²) in [5, 5.41) is 0. The first-order valence-electron chi connectivity index (χ1n) is 9.89. The average Bonchev–Trinajstić information content (AvgIpc) is 3.52. The topological polar surface area (TPSA) is 89.3 Å². The second-order valence-electron chi connectivity index (χ2n) is 7.42. The summed E-state index contributed by atoms with van der Waals surface area (Å²) < 4.78 is 16.9. The van der Waals surface area contributed by atoms with Crippen molar-refractivity contribution in [2.45, 2.75) is 19.4 Å². The summed E-state index contributed by atoms with van der Waals surface area (Å²) in [6.07, 6.45) is 2.88. The van der Waals surface area contributed by atoms with Gasteiger partial charge in [0, 0.05) is 37.5 Å². The number of aryl methyl sites for hydroxylation is 1. The number of furan rings is 1. The number of benzene rings is 1. The van der Waals surface area contributed by atoms with Gasteiger partial charge in [-0.2, -0.15) is 0 Å². The third-order valence-corrected chi connectivity index (χ3v) is 5.49. The van der Waals surface area contributed by atoms with Crippen molar-refractivity contribution >= 4 is 16.9 Å². The van der Waals surface area contributed by atoms with Crippen LogP contribution in [0.15, 0.2) is 41.1 Å². The van der Waals surface area contributed by atoms with Crippen molar-refractivity contribution in [1.29, 1.82) is 0 Å². The number of anilines is 1. The maximum Gasteiger partial charge on any atom is 0.198 e. The number of nitrogens with one attached hydrogen (secondary N) is 1. The fraction of sp³-hybridized carbons (Fsp3) is 0.318. The van der Waals surface area contributed by atoms with Crippen LogP contribution in [0, 0.1) is 6.92 Å². The van der Waals surface area contributed by atoms with Crippen molar-refractivity contribution in [2.75, 3.05) is 32.2 Å². The van der Waals surface area contributed by atoms with Gasteiger partial charge < -0.3 is 23.8 Å². The van der Waals surface area contributed by atoms with E-state index in [1.165, 1.54) is 0 Å². The number of aromatic amines is 1. The first-order chi connectivity index (χ1) is 14.6. The van der Waals surface area contributed by atoms with E-state index in [2.05, 4.69) is 25.9 Å². The lowest BCUT2D eigenvalue weighted by molar-refractivity contribution is 0.121. The van der Waals surface area contributed by atoms with Crippen LogP contribution in [-0.2, 0) is 4.74 Å². The maximum absolute atomic E-state index is 5.75. The molecule has 154 valence electrons. The molecule has 1 aliphatic heterocycles. The van der Waals surface area contributed by atoms with Crippen molar-refractivity contribution in [3.63, 3.8) is 0 Å². The number of fused-ring (bicyclic) bond motifs is 1. The molecule has 0 spiro atoms. The molecule has 0 amide bonds. The Morgan fingerprint density at radius 2 is 2.07 bits per heavy atom. The highest BCUT2D eigenvalue weighted by atomic mass is 16.5. The van der Waals surface area contributed by atoms with E-state index >= 15 is 0 Å². The van der Waals surface area contributed by atoms with Crippen LogP contribution in [0.1, 0.15) is 12.2 Å². The molecule has 3 aromatic heterocycles. The van der Waals surface area contributed by atoms with Crippen molar-refractivity contribution in [1.82, 2.24) is 19.9 Å². The molecule has 1 aliphatic rings. The van der Waals surface area contributed by atoms with Crippen molar-refractivity contribution in [3.05, 3.63) is 42.4 Å². The molecule has 1 saturated heterocycles. The molecular weight excluding hydrogens is 382 g/mol. The number of H-pyrrole nitrogens is 1. The smallest absolute Gasteiger partial charge is 0.198 e. The van der Waals surface area contributed by atoms with Crippen LogP contribution < -0.4 is 9.64 Å². The summed E-state index contributed by atoms with van der Waals surface area (Å²) in [4.78, 5) is 19.2. The minimum Gasteiger partial charge on any atom is -0.497 e. The summed E-state index contributed by atoms with van der Waals surface area (Å²) in [7, 11) is 3.44. The molecule has 0 saturated carbocycles. The van der Waals surface area contributed by atoms with Crippen molar-refractivity contribution in [2.24, 2.45) is 0 Å². The van der Waals surface area contributed by atoms with Crippen LogP contribution in [0.2, 0.25) is 0 Å². The summed E-state index contributed by atoms with van der Waals surface area (Å²) in [6.45, 7) is 3.68. The Hall–Kier alpha value is -3.39. The molecule has 1 N–H and O–H groups in total. The van der Waals surface area contributed by atoms with E-state index < -0.39 is 0 Å². The number of hydrogen-bond donors (Lipinski definition) is 1. The summed E-state index contributed by atoms with van der Waals surface area (Å²) in [5.41, 5.74) is 4.12. The molecule has 1 atom stereocenters. The fourth-order valence-corrected chi connectivity index (χ4v) is 3.88. The standard InChI is InChI=1S/C22H23N5O3/c1-13-4-5-18(30-13)21-25-19(20-22(26-21)24-12-23-20)14-8-15(10-17(9-14)29-3)27-7-6-16(11-27)28-2/h4-5,8-10,12,16H,6-7,11H2,1-3H3,(H,23,24,25,26)/t16-/m0/s1. The Labute approximate surface area is 173 Å². The van der Waals surface area contributed by atoms with Gasteiger partial charge >= 0.3 is 0 Å². The van der Waals surface area contributed by atoms with Gasteiger partial charge in [0.15, 0.2) is 17.2 Å². The summed E-state index contributed by atoms with van der Waals surface area (Å²) >= 11 is 0. The Bertz CT molecular complexity index is 1200. The van der Waals surface area contributed by atoms with E-state index in [4.69, 9.17) is 18.9 Å². The molecule has 0 bridgehead atoms. The predicted octanol–water partition coefficient (Wildman–Crippen LogP) is 3.82. The fourth-order valence-electron chi connectivity index (χ4n) is 3.88. The third-order valence-electron chi connectivity index (χ3n) is 5.49. The number of ether oxygens (including phenoxy) is 2. The van der Waals surface area contributed by atoms with Gasteiger partial charge in [-0.15, -0.1) is 0 Å². The molecule has 0 unspecified atom stereocenters. The maximum atomic E-state index is 5.75. The summed E-state index contributed by atoms with van der Waals surface area (Å²) in [6, 6.07) is 9.92. The number of imidazole rings is 1. The lowest BCUT2D eigenvalue weighted by atomic mass is 10.1. The number of rotatable bonds is 5. The first-order valence-corrected chi connectivity index (χ1v) is 9.89. The molecule has 1 fully saturated rings. The molecule has 1 aromatic carbocycles. The van der Waals surface area contributed by atoms with Gasteiger partial charge in [0.05, 0.1) is 19.5 Å². The van der Waals surface area contributed by atoms with Gasteiger partial charge in [-0.3, -0.25) is 0 Å². The molecule has 0 aliphatic carbocycles. The lowest BCUT2D eigenvalue weighted by Crippen LogP contribution is -2.22. The lowest BCUT2D eigenvalue weighted by Gasteiger charge is -2.20. The molecule has 8 heteroatoms. The quantitative estimate of drug-likeness (QED) is 0.540. The molecule has 30 heavy (non-hydrogen) atoms. The van der Waals surface area contributed by atoms with E-state index in [-0.39, 0.29) is 6.10 Å². The zero-order chi connectivity index (χ0) is 20.7. The summed E-state index contributed by atoms with van der Waals surface area (Å²) in [5.74, 6) is 2.69. The van der Waals surface area contributed by atoms with Crippen molar-refractivity contribution in [3.8, 4) is 28.6 Å². The molecule has 4 heterocycles. The normalized spacial score (nSPS) is 16.5. The highest BCUT2D eigenvalue weighted by Crippen LogP contribution is 2.35. The number of methoxy groups -OCH3 is 2. The minimum absolute atomic E-state index is 0.242. The SMILES string of the molecule is COc1cc(-c2nc(-c3ccc(C)o3)nc3nc[nH]c23)cc(N2CC[C@H](OC)C2)c1. The van der Waals surface area contributed by atoms with Gasteiger partial charge in [-0.1, -0.05) is 0 Å². The molecule has 4 aromatic rings. The second kappa shape index (κ2) is 7.46. The highest BCUT2D eigenvalue weighted by molar-refractivity contribution is 5.89. The van der Waals surface area contributed by atoms with Crippen LogP contribution in [0.25, 0.3) is 34.0 Å². The van der Waals surface area contributed by atoms with Gasteiger partial charge in [0.2, 0.25) is 0 Å². The third kappa shape index (κ3) is 3.29. The van der Waals surface area contributed by atoms with Crippen LogP contribution >= 0.6 is 0 Å². The van der Waals surface area contributed by atoms with Gasteiger partial charge in [-0.05, 0) is 37.6 Å². The zero-order valence-corrected chi connectivity index (χ0v) is 17.2. The number of hydrogen-bond acceptors (Lipinski definition) is 7. The Kier molecular flexibility index (Phi) is 4.63. The van der Waals surface area contributed by atoms with E-state index in [1.807, 2.05) is 31.2 Å². The van der Waals surface area contributed by atoms with E-state index in [0.29, 0.717) is 17.2 Å². The molecule has 5 rings (SSSR count). The van der Waals surface area contributed by atoms with Crippen LogP contribution in [0.3, 0.4) is 0 Å². The first kappa shape index (κ1) is 18.6. The Morgan fingerprint density at radius 1 is 1.17 bits per heavy atom. The van der Waals surface area contributed by atoms with Crippen molar-refractivity contribution < 1.29 is 13.9 Å². The largest absolute Gasteiger partial charge is 0.497 e. The van der Waals surface area contributed by atoms with Gasteiger partial charge in [-0.25, -0.2) is 15.0 Å². The Balaban J connectivity index is 1.64. The second-order valence-corrected chi connectivity index (χ2v) is 7.42.